The van der Waals surface area contributed by atoms with Gasteiger partial charge in [0.1, 0.15) is 5.82 Å². The highest BCUT2D eigenvalue weighted by Crippen LogP contribution is 2.38. The second-order valence-electron chi connectivity index (χ2n) is 8.57. The molecule has 3 saturated heterocycles. The maximum Gasteiger partial charge on any atom is 0.128 e. The van der Waals surface area contributed by atoms with Gasteiger partial charge in [-0.25, -0.2) is 10.4 Å². The predicted molar refractivity (Wildman–Crippen MR) is 113 cm³/mol. The number of pyridine rings is 1. The zero-order valence-electron chi connectivity index (χ0n) is 17.4. The Balaban J connectivity index is 1.33. The maximum atomic E-state index is 5.08. The van der Waals surface area contributed by atoms with Crippen LogP contribution in [0.5, 0.6) is 0 Å². The number of anilines is 1. The molecule has 2 aromatic rings. The molecule has 0 bridgehead atoms. The van der Waals surface area contributed by atoms with E-state index in [0.717, 1.165) is 57.2 Å². The molecule has 0 aliphatic carbocycles. The van der Waals surface area contributed by atoms with Crippen molar-refractivity contribution in [1.82, 2.24) is 35.8 Å². The Morgan fingerprint density at radius 1 is 1.14 bits per heavy atom. The molecule has 29 heavy (non-hydrogen) atoms. The minimum absolute atomic E-state index is 0.234. The third kappa shape index (κ3) is 3.77. The molecule has 0 saturated carbocycles. The van der Waals surface area contributed by atoms with Gasteiger partial charge in [-0.05, 0) is 32.5 Å². The van der Waals surface area contributed by atoms with E-state index in [-0.39, 0.29) is 6.04 Å². The zero-order chi connectivity index (χ0) is 19.8. The number of hydrazine groups is 1. The predicted octanol–water partition coefficient (Wildman–Crippen LogP) is 0.918. The van der Waals surface area contributed by atoms with E-state index < -0.39 is 0 Å². The molecule has 3 aliphatic heterocycles. The first-order valence-corrected chi connectivity index (χ1v) is 10.9. The van der Waals surface area contributed by atoms with E-state index in [1.165, 1.54) is 5.56 Å². The molecule has 4 atom stereocenters. The summed E-state index contributed by atoms with van der Waals surface area (Å²) in [5.74, 6) is 1.61. The van der Waals surface area contributed by atoms with Gasteiger partial charge in [-0.2, -0.15) is 5.10 Å². The highest BCUT2D eigenvalue weighted by molar-refractivity contribution is 5.40. The first-order valence-electron chi connectivity index (χ1n) is 10.9. The molecule has 3 N–H and O–H groups in total. The largest absolute Gasteiger partial charge is 0.354 e. The molecule has 3 fully saturated rings. The van der Waals surface area contributed by atoms with E-state index in [0.29, 0.717) is 18.0 Å². The maximum absolute atomic E-state index is 5.08. The fourth-order valence-corrected chi connectivity index (χ4v) is 4.87. The molecule has 3 aliphatic rings. The Kier molecular flexibility index (Phi) is 5.26. The lowest BCUT2D eigenvalue weighted by molar-refractivity contribution is 0.265. The number of aromatic nitrogens is 3. The number of likely N-dealkylation sites (N-methyl/N-ethyl adjacent to an activating group) is 1. The van der Waals surface area contributed by atoms with Crippen LogP contribution in [0.1, 0.15) is 36.7 Å². The summed E-state index contributed by atoms with van der Waals surface area (Å²) in [7, 11) is 2.19. The normalized spacial score (nSPS) is 30.5. The average Bonchev–Trinajstić information content (AvgIpc) is 3.41. The van der Waals surface area contributed by atoms with Crippen LogP contribution in [0.25, 0.3) is 0 Å². The van der Waals surface area contributed by atoms with Gasteiger partial charge in [-0.15, -0.1) is 0 Å². The first-order chi connectivity index (χ1) is 14.2. The SMILES string of the molecule is CCn1cc(C2CC3C(CN2)NNC3c2cccc(N3CCN(C)CC3)n2)cn1. The molecule has 0 radical (unpaired) electrons. The Hall–Kier alpha value is -2.00. The Bertz CT molecular complexity index is 828. The molecule has 5 rings (SSSR count). The monoisotopic (exact) mass is 396 g/mol. The summed E-state index contributed by atoms with van der Waals surface area (Å²) < 4.78 is 2.01. The number of hydrogen-bond donors (Lipinski definition) is 3. The summed E-state index contributed by atoms with van der Waals surface area (Å²) >= 11 is 0. The van der Waals surface area contributed by atoms with Gasteiger partial charge in [-0.1, -0.05) is 6.07 Å². The van der Waals surface area contributed by atoms with Crippen molar-refractivity contribution in [3.05, 3.63) is 41.9 Å². The van der Waals surface area contributed by atoms with E-state index in [1.54, 1.807) is 0 Å². The van der Waals surface area contributed by atoms with Gasteiger partial charge in [0, 0.05) is 69.0 Å². The highest BCUT2D eigenvalue weighted by atomic mass is 15.4. The number of aryl methyl sites for hydroxylation is 1. The Labute approximate surface area is 172 Å². The first kappa shape index (κ1) is 19.0. The summed E-state index contributed by atoms with van der Waals surface area (Å²) in [5.41, 5.74) is 9.48. The third-order valence-corrected chi connectivity index (χ3v) is 6.74. The van der Waals surface area contributed by atoms with Crippen LogP contribution in [-0.2, 0) is 6.54 Å². The van der Waals surface area contributed by atoms with E-state index >= 15 is 0 Å². The minimum Gasteiger partial charge on any atom is -0.354 e. The summed E-state index contributed by atoms with van der Waals surface area (Å²) in [5, 5.41) is 8.16. The van der Waals surface area contributed by atoms with Crippen LogP contribution in [0.2, 0.25) is 0 Å². The molecule has 5 heterocycles. The van der Waals surface area contributed by atoms with Crippen LogP contribution < -0.4 is 21.1 Å². The second kappa shape index (κ2) is 8.02. The number of rotatable bonds is 4. The molecule has 0 spiro atoms. The number of piperazine rings is 1. The van der Waals surface area contributed by atoms with Gasteiger partial charge in [0.2, 0.25) is 0 Å². The molecule has 0 aromatic carbocycles. The molecule has 8 heteroatoms. The number of nitrogens with zero attached hydrogens (tertiary/aromatic N) is 5. The number of nitrogens with one attached hydrogen (secondary N) is 3. The lowest BCUT2D eigenvalue weighted by Crippen LogP contribution is -2.46. The second-order valence-corrected chi connectivity index (χ2v) is 8.57. The van der Waals surface area contributed by atoms with Gasteiger partial charge in [0.15, 0.2) is 0 Å². The van der Waals surface area contributed by atoms with Crippen molar-refractivity contribution < 1.29 is 0 Å². The number of piperidine rings is 1. The van der Waals surface area contributed by atoms with Crippen LogP contribution in [-0.4, -0.2) is 65.5 Å². The van der Waals surface area contributed by atoms with Gasteiger partial charge < -0.3 is 15.1 Å². The van der Waals surface area contributed by atoms with Crippen molar-refractivity contribution in [1.29, 1.82) is 0 Å². The summed E-state index contributed by atoms with van der Waals surface area (Å²) in [6.07, 6.45) is 5.26. The van der Waals surface area contributed by atoms with E-state index in [2.05, 4.69) is 69.4 Å². The standard InChI is InChI=1S/C21H32N8/c1-3-29-14-15(12-23-29)18-11-16-19(13-22-18)25-26-21(16)17-5-4-6-20(24-17)28-9-7-27(2)8-10-28/h4-6,12,14,16,18-19,21-22,25-26H,3,7-11,13H2,1-2H3. The highest BCUT2D eigenvalue weighted by Gasteiger charge is 2.42. The molecule has 2 aromatic heterocycles. The van der Waals surface area contributed by atoms with Crippen molar-refractivity contribution in [3.63, 3.8) is 0 Å². The van der Waals surface area contributed by atoms with Crippen LogP contribution in [0.3, 0.4) is 0 Å². The zero-order valence-corrected chi connectivity index (χ0v) is 17.4. The molecular weight excluding hydrogens is 364 g/mol. The molecule has 4 unspecified atom stereocenters. The topological polar surface area (TPSA) is 73.3 Å². The van der Waals surface area contributed by atoms with Crippen LogP contribution in [0.4, 0.5) is 5.82 Å². The van der Waals surface area contributed by atoms with Gasteiger partial charge in [0.05, 0.1) is 17.9 Å². The van der Waals surface area contributed by atoms with E-state index in [9.17, 15) is 0 Å². The Morgan fingerprint density at radius 3 is 2.79 bits per heavy atom. The molecule has 0 amide bonds. The lowest BCUT2D eigenvalue weighted by Gasteiger charge is -2.35. The van der Waals surface area contributed by atoms with Gasteiger partial charge in [-0.3, -0.25) is 10.1 Å². The fraction of sp³-hybridized carbons (Fsp3) is 0.619. The van der Waals surface area contributed by atoms with E-state index in [1.807, 2.05) is 10.9 Å². The number of fused-ring (bicyclic) bond motifs is 1. The van der Waals surface area contributed by atoms with Gasteiger partial charge in [0.25, 0.3) is 0 Å². The lowest BCUT2D eigenvalue weighted by atomic mass is 9.82. The van der Waals surface area contributed by atoms with Crippen LogP contribution in [0, 0.1) is 5.92 Å². The van der Waals surface area contributed by atoms with E-state index in [4.69, 9.17) is 4.98 Å². The van der Waals surface area contributed by atoms with Crippen molar-refractivity contribution in [2.75, 3.05) is 44.7 Å². The smallest absolute Gasteiger partial charge is 0.128 e. The third-order valence-electron chi connectivity index (χ3n) is 6.74. The van der Waals surface area contributed by atoms with Crippen LogP contribution in [0.15, 0.2) is 30.6 Å². The summed E-state index contributed by atoms with van der Waals surface area (Å²) in [4.78, 5) is 9.87. The Morgan fingerprint density at radius 2 is 2.00 bits per heavy atom. The summed E-state index contributed by atoms with van der Waals surface area (Å²) in [6, 6.07) is 7.49. The van der Waals surface area contributed by atoms with Crippen molar-refractivity contribution in [2.24, 2.45) is 5.92 Å². The van der Waals surface area contributed by atoms with Crippen LogP contribution >= 0.6 is 0 Å². The minimum atomic E-state index is 0.234. The number of hydrogen-bond acceptors (Lipinski definition) is 7. The quantitative estimate of drug-likeness (QED) is 0.710. The molecule has 156 valence electrons. The average molecular weight is 397 g/mol. The van der Waals surface area contributed by atoms with Crippen molar-refractivity contribution in [3.8, 4) is 0 Å². The van der Waals surface area contributed by atoms with Gasteiger partial charge >= 0.3 is 0 Å². The molecule has 8 nitrogen and oxygen atoms in total. The van der Waals surface area contributed by atoms with Crippen molar-refractivity contribution >= 4 is 5.82 Å². The fourth-order valence-electron chi connectivity index (χ4n) is 4.87. The molecular formula is C21H32N8. The van der Waals surface area contributed by atoms with Crippen molar-refractivity contribution in [2.45, 2.75) is 38.0 Å². The summed E-state index contributed by atoms with van der Waals surface area (Å²) in [6.45, 7) is 8.27.